The van der Waals surface area contributed by atoms with Crippen LogP contribution in [0.4, 0.5) is 4.39 Å². The van der Waals surface area contributed by atoms with Crippen LogP contribution in [0, 0.1) is 0 Å². The largest absolute Gasteiger partial charge is 0.243 e. The van der Waals surface area contributed by atoms with Crippen LogP contribution in [0.2, 0.25) is 0 Å². The van der Waals surface area contributed by atoms with Gasteiger partial charge in [0.25, 0.3) is 0 Å². The molecule has 0 aliphatic heterocycles. The van der Waals surface area contributed by atoms with Crippen molar-refractivity contribution in [1.29, 1.82) is 0 Å². The van der Waals surface area contributed by atoms with Gasteiger partial charge in [0.15, 0.2) is 0 Å². The van der Waals surface area contributed by atoms with E-state index in [9.17, 15) is 4.39 Å². The summed E-state index contributed by atoms with van der Waals surface area (Å²) >= 11 is 0. The van der Waals surface area contributed by atoms with E-state index in [2.05, 4.69) is 0 Å². The maximum Gasteiger partial charge on any atom is 0.243 e. The van der Waals surface area contributed by atoms with Gasteiger partial charge in [0.1, 0.15) is 18.9 Å². The zero-order valence-electron chi connectivity index (χ0n) is 5.87. The third-order valence-corrected chi connectivity index (χ3v) is 1.23. The molecular formula is C7H10FN2+. The summed E-state index contributed by atoms with van der Waals surface area (Å²) in [6.45, 7) is 0.595. The van der Waals surface area contributed by atoms with E-state index in [1.54, 1.807) is 0 Å². The predicted octanol–water partition coefficient (Wildman–Crippen LogP) is 0.796. The molecule has 1 aromatic rings. The molecule has 2 nitrogen and oxygen atoms in total. The Morgan fingerprint density at radius 3 is 3.00 bits per heavy atom. The standard InChI is InChI=1S/C7H10FN2/c1-9-5-6-10(7-9)4-2-3-8/h2-3,5-7H,4H2,1H3/q+1. The molecule has 0 saturated heterocycles. The van der Waals surface area contributed by atoms with Crippen LogP contribution in [0.1, 0.15) is 0 Å². The molecule has 1 aromatic heterocycles. The number of aryl methyl sites for hydroxylation is 1. The van der Waals surface area contributed by atoms with Crippen LogP contribution in [0.3, 0.4) is 0 Å². The van der Waals surface area contributed by atoms with Crippen molar-refractivity contribution < 1.29 is 8.96 Å². The Kier molecular flexibility index (Phi) is 2.20. The van der Waals surface area contributed by atoms with Gasteiger partial charge in [-0.3, -0.25) is 0 Å². The van der Waals surface area contributed by atoms with E-state index in [1.807, 2.05) is 34.9 Å². The van der Waals surface area contributed by atoms with E-state index in [-0.39, 0.29) is 0 Å². The van der Waals surface area contributed by atoms with Crippen molar-refractivity contribution in [2.75, 3.05) is 0 Å². The minimum atomic E-state index is 0.556. The average Bonchev–Trinajstić information content (AvgIpc) is 2.31. The number of allylic oxidation sites excluding steroid dienone is 1. The SMILES string of the molecule is C[n+]1ccn(CC=CF)c1. The van der Waals surface area contributed by atoms with E-state index in [0.717, 1.165) is 0 Å². The number of aromatic nitrogens is 2. The van der Waals surface area contributed by atoms with Gasteiger partial charge in [0, 0.05) is 0 Å². The second-order valence-electron chi connectivity index (χ2n) is 2.14. The molecule has 1 rings (SSSR count). The van der Waals surface area contributed by atoms with Gasteiger partial charge in [-0.25, -0.2) is 13.5 Å². The number of nitrogens with zero attached hydrogens (tertiary/aromatic N) is 2. The van der Waals surface area contributed by atoms with Crippen molar-refractivity contribution in [3.63, 3.8) is 0 Å². The first kappa shape index (κ1) is 6.99. The number of rotatable bonds is 2. The second-order valence-corrected chi connectivity index (χ2v) is 2.14. The molecule has 0 atom stereocenters. The van der Waals surface area contributed by atoms with Crippen LogP contribution < -0.4 is 4.57 Å². The molecule has 0 spiro atoms. The molecule has 0 bridgehead atoms. The fourth-order valence-corrected chi connectivity index (χ4v) is 0.771. The van der Waals surface area contributed by atoms with E-state index >= 15 is 0 Å². The van der Waals surface area contributed by atoms with Gasteiger partial charge < -0.3 is 0 Å². The molecule has 0 aliphatic rings. The second kappa shape index (κ2) is 3.15. The van der Waals surface area contributed by atoms with E-state index in [0.29, 0.717) is 12.9 Å². The topological polar surface area (TPSA) is 8.81 Å². The van der Waals surface area contributed by atoms with Gasteiger partial charge in [-0.2, -0.15) is 0 Å². The number of halogens is 1. The Balaban J connectivity index is 2.58. The molecule has 0 unspecified atom stereocenters. The quantitative estimate of drug-likeness (QED) is 0.538. The summed E-state index contributed by atoms with van der Waals surface area (Å²) < 4.78 is 15.3. The summed E-state index contributed by atoms with van der Waals surface area (Å²) in [5, 5.41) is 0. The number of imidazole rings is 1. The van der Waals surface area contributed by atoms with Crippen molar-refractivity contribution in [2.45, 2.75) is 6.54 Å². The van der Waals surface area contributed by atoms with Gasteiger partial charge in [0.2, 0.25) is 6.33 Å². The normalized spacial score (nSPS) is 11.0. The van der Waals surface area contributed by atoms with Crippen LogP contribution >= 0.6 is 0 Å². The third-order valence-electron chi connectivity index (χ3n) is 1.23. The van der Waals surface area contributed by atoms with Crippen molar-refractivity contribution in [2.24, 2.45) is 7.05 Å². The third kappa shape index (κ3) is 1.69. The van der Waals surface area contributed by atoms with Crippen LogP contribution in [0.5, 0.6) is 0 Å². The van der Waals surface area contributed by atoms with Gasteiger partial charge >= 0.3 is 0 Å². The van der Waals surface area contributed by atoms with Gasteiger partial charge in [0.05, 0.1) is 13.4 Å². The number of hydrogen-bond donors (Lipinski definition) is 0. The zero-order valence-corrected chi connectivity index (χ0v) is 5.87. The molecule has 0 aliphatic carbocycles. The van der Waals surface area contributed by atoms with Crippen molar-refractivity contribution in [3.05, 3.63) is 31.1 Å². The molecule has 0 amide bonds. The Morgan fingerprint density at radius 1 is 1.70 bits per heavy atom. The van der Waals surface area contributed by atoms with Crippen molar-refractivity contribution >= 4 is 0 Å². The van der Waals surface area contributed by atoms with Gasteiger partial charge in [-0.1, -0.05) is 0 Å². The summed E-state index contributed by atoms with van der Waals surface area (Å²) in [4.78, 5) is 0. The summed E-state index contributed by atoms with van der Waals surface area (Å²) in [6.07, 6.45) is 7.70. The molecule has 54 valence electrons. The summed E-state index contributed by atoms with van der Waals surface area (Å²) in [7, 11) is 1.93. The lowest BCUT2D eigenvalue weighted by Gasteiger charge is -1.83. The summed E-state index contributed by atoms with van der Waals surface area (Å²) in [5.41, 5.74) is 0. The monoisotopic (exact) mass is 141 g/mol. The highest BCUT2D eigenvalue weighted by Gasteiger charge is 1.94. The highest BCUT2D eigenvalue weighted by molar-refractivity contribution is 4.76. The van der Waals surface area contributed by atoms with Crippen molar-refractivity contribution in [3.8, 4) is 0 Å². The van der Waals surface area contributed by atoms with E-state index in [1.165, 1.54) is 6.08 Å². The van der Waals surface area contributed by atoms with Crippen molar-refractivity contribution in [1.82, 2.24) is 4.57 Å². The lowest BCUT2D eigenvalue weighted by Crippen LogP contribution is -2.23. The smallest absolute Gasteiger partial charge is 0.240 e. The molecule has 0 saturated carbocycles. The molecule has 0 radical (unpaired) electrons. The van der Waals surface area contributed by atoms with Gasteiger partial charge in [-0.15, -0.1) is 0 Å². The van der Waals surface area contributed by atoms with E-state index < -0.39 is 0 Å². The molecular weight excluding hydrogens is 131 g/mol. The Labute approximate surface area is 59.2 Å². The first-order valence-corrected chi connectivity index (χ1v) is 3.09. The van der Waals surface area contributed by atoms with Crippen LogP contribution in [0.25, 0.3) is 0 Å². The first-order valence-electron chi connectivity index (χ1n) is 3.09. The average molecular weight is 141 g/mol. The minimum Gasteiger partial charge on any atom is -0.240 e. The van der Waals surface area contributed by atoms with E-state index in [4.69, 9.17) is 0 Å². The van der Waals surface area contributed by atoms with Crippen LogP contribution in [-0.2, 0) is 13.6 Å². The van der Waals surface area contributed by atoms with Gasteiger partial charge in [-0.05, 0) is 6.08 Å². The predicted molar refractivity (Wildman–Crippen MR) is 35.9 cm³/mol. The lowest BCUT2D eigenvalue weighted by atomic mass is 10.6. The Hall–Kier alpha value is -1.12. The highest BCUT2D eigenvalue weighted by atomic mass is 19.1. The highest BCUT2D eigenvalue weighted by Crippen LogP contribution is 1.84. The minimum absolute atomic E-state index is 0.556. The molecule has 0 fully saturated rings. The molecule has 1 heterocycles. The summed E-state index contributed by atoms with van der Waals surface area (Å²) in [6, 6.07) is 0. The maximum absolute atomic E-state index is 11.5. The fourth-order valence-electron chi connectivity index (χ4n) is 0.771. The Bertz CT molecular complexity index is 227. The zero-order chi connectivity index (χ0) is 7.40. The molecule has 3 heteroatoms. The lowest BCUT2D eigenvalue weighted by molar-refractivity contribution is -0.671. The molecule has 10 heavy (non-hydrogen) atoms. The molecule has 0 aromatic carbocycles. The molecule has 0 N–H and O–H groups in total. The van der Waals surface area contributed by atoms with Crippen LogP contribution in [0.15, 0.2) is 31.1 Å². The van der Waals surface area contributed by atoms with Crippen LogP contribution in [-0.4, -0.2) is 4.57 Å². The Morgan fingerprint density at radius 2 is 2.50 bits per heavy atom. The maximum atomic E-state index is 11.5. The fraction of sp³-hybridized carbons (Fsp3) is 0.286. The first-order chi connectivity index (χ1) is 4.83. The summed E-state index contributed by atoms with van der Waals surface area (Å²) in [5.74, 6) is 0. The number of hydrogen-bond acceptors (Lipinski definition) is 0.